The van der Waals surface area contributed by atoms with Crippen molar-refractivity contribution < 1.29 is 4.39 Å². The van der Waals surface area contributed by atoms with Crippen LogP contribution in [-0.4, -0.2) is 9.55 Å². The summed E-state index contributed by atoms with van der Waals surface area (Å²) in [5.41, 5.74) is 1.59. The Balaban J connectivity index is 2.32. The molecular weight excluding hydrogens is 298 g/mol. The molecule has 1 saturated carbocycles. The summed E-state index contributed by atoms with van der Waals surface area (Å²) in [4.78, 5) is 4.54. The van der Waals surface area contributed by atoms with Crippen molar-refractivity contribution in [2.24, 2.45) is 0 Å². The molecule has 0 N–H and O–H groups in total. The average Bonchev–Trinajstić information content (AvgIpc) is 2.69. The molecule has 1 fully saturated rings. The Kier molecular flexibility index (Phi) is 3.46. The van der Waals surface area contributed by atoms with E-state index in [-0.39, 0.29) is 15.9 Å². The highest BCUT2D eigenvalue weighted by molar-refractivity contribution is 6.31. The predicted molar refractivity (Wildman–Crippen MR) is 81.1 cm³/mol. The van der Waals surface area contributed by atoms with Crippen molar-refractivity contribution in [1.29, 1.82) is 0 Å². The number of hydrogen-bond donors (Lipinski definition) is 0. The van der Waals surface area contributed by atoms with E-state index in [1.54, 1.807) is 6.07 Å². The minimum Gasteiger partial charge on any atom is -0.320 e. The molecule has 0 radical (unpaired) electrons. The normalized spacial score (nSPS) is 19.1. The fourth-order valence-corrected chi connectivity index (χ4v) is 3.48. The Labute approximate surface area is 127 Å². The van der Waals surface area contributed by atoms with Crippen LogP contribution in [0.3, 0.4) is 0 Å². The molecule has 2 nitrogen and oxygen atoms in total. The van der Waals surface area contributed by atoms with Crippen molar-refractivity contribution >= 4 is 34.2 Å². The van der Waals surface area contributed by atoms with Gasteiger partial charge in [0.05, 0.1) is 21.4 Å². The van der Waals surface area contributed by atoms with E-state index in [1.165, 1.54) is 12.5 Å². The molecule has 1 unspecified atom stereocenters. The van der Waals surface area contributed by atoms with Crippen LogP contribution in [0.5, 0.6) is 0 Å². The highest BCUT2D eigenvalue weighted by Gasteiger charge is 2.40. The monoisotopic (exact) mass is 314 g/mol. The van der Waals surface area contributed by atoms with Crippen molar-refractivity contribution in [2.45, 2.75) is 50.4 Å². The van der Waals surface area contributed by atoms with Crippen molar-refractivity contribution in [3.05, 3.63) is 28.8 Å². The van der Waals surface area contributed by atoms with Gasteiger partial charge in [0.15, 0.2) is 0 Å². The van der Waals surface area contributed by atoms with E-state index >= 15 is 0 Å². The molecule has 0 amide bonds. The van der Waals surface area contributed by atoms with Gasteiger partial charge in [-0.15, -0.1) is 11.6 Å². The number of imidazole rings is 1. The quantitative estimate of drug-likeness (QED) is 0.692. The molecule has 0 bridgehead atoms. The molecule has 1 aromatic heterocycles. The van der Waals surface area contributed by atoms with Crippen LogP contribution in [0, 0.1) is 5.82 Å². The van der Waals surface area contributed by atoms with E-state index in [1.807, 2.05) is 6.92 Å². The van der Waals surface area contributed by atoms with Gasteiger partial charge in [-0.25, -0.2) is 9.37 Å². The summed E-state index contributed by atoms with van der Waals surface area (Å²) in [6.07, 6.45) is 4.45. The maximum atomic E-state index is 13.7. The van der Waals surface area contributed by atoms with Gasteiger partial charge in [-0.2, -0.15) is 0 Å². The number of fused-ring (bicyclic) bond motifs is 1. The third kappa shape index (κ3) is 1.94. The van der Waals surface area contributed by atoms with Crippen LogP contribution in [-0.2, 0) is 5.54 Å². The van der Waals surface area contributed by atoms with Crippen LogP contribution in [0.2, 0.25) is 5.02 Å². The Hall–Kier alpha value is -0.800. The molecule has 5 heteroatoms. The molecule has 20 heavy (non-hydrogen) atoms. The summed E-state index contributed by atoms with van der Waals surface area (Å²) < 4.78 is 15.9. The summed E-state index contributed by atoms with van der Waals surface area (Å²) >= 11 is 12.2. The Morgan fingerprint density at radius 2 is 2.15 bits per heavy atom. The number of alkyl halides is 1. The van der Waals surface area contributed by atoms with Gasteiger partial charge >= 0.3 is 0 Å². The van der Waals surface area contributed by atoms with Gasteiger partial charge in [0, 0.05) is 11.6 Å². The van der Waals surface area contributed by atoms with Gasteiger partial charge in [-0.3, -0.25) is 0 Å². The molecule has 108 valence electrons. The molecule has 0 saturated heterocycles. The molecular formula is C15H17Cl2FN2. The fourth-order valence-electron chi connectivity index (χ4n) is 3.18. The second-order valence-electron chi connectivity index (χ2n) is 5.61. The van der Waals surface area contributed by atoms with Crippen LogP contribution < -0.4 is 0 Å². The summed E-state index contributed by atoms with van der Waals surface area (Å²) in [6.45, 7) is 4.08. The lowest BCUT2D eigenvalue weighted by atomic mass is 9.74. The van der Waals surface area contributed by atoms with Crippen molar-refractivity contribution in [3.8, 4) is 0 Å². The molecule has 1 aromatic carbocycles. The maximum Gasteiger partial charge on any atom is 0.144 e. The zero-order chi connectivity index (χ0) is 14.5. The minimum atomic E-state index is -0.434. The molecule has 0 spiro atoms. The van der Waals surface area contributed by atoms with E-state index < -0.39 is 5.82 Å². The van der Waals surface area contributed by atoms with E-state index in [9.17, 15) is 4.39 Å². The van der Waals surface area contributed by atoms with E-state index in [0.717, 1.165) is 30.6 Å². The van der Waals surface area contributed by atoms with Crippen molar-refractivity contribution in [2.75, 3.05) is 0 Å². The standard InChI is InChI=1S/C15H17Cl2FN2/c1-3-15(5-4-6-15)20-13-7-10(17)11(18)8-12(13)19-14(20)9(2)16/h7-9H,3-6H2,1-2H3. The zero-order valence-electron chi connectivity index (χ0n) is 11.6. The fraction of sp³-hybridized carbons (Fsp3) is 0.533. The van der Waals surface area contributed by atoms with E-state index in [0.29, 0.717) is 5.52 Å². The number of aromatic nitrogens is 2. The third-order valence-corrected chi connectivity index (χ3v) is 4.98. The van der Waals surface area contributed by atoms with Gasteiger partial charge in [-0.1, -0.05) is 18.5 Å². The first-order valence-corrected chi connectivity index (χ1v) is 7.82. The first-order chi connectivity index (χ1) is 9.48. The molecule has 3 rings (SSSR count). The summed E-state index contributed by atoms with van der Waals surface area (Å²) in [6, 6.07) is 3.08. The van der Waals surface area contributed by atoms with Crippen molar-refractivity contribution in [3.63, 3.8) is 0 Å². The molecule has 1 heterocycles. The smallest absolute Gasteiger partial charge is 0.144 e. The van der Waals surface area contributed by atoms with Gasteiger partial charge in [0.2, 0.25) is 0 Å². The lowest BCUT2D eigenvalue weighted by Gasteiger charge is -2.44. The lowest BCUT2D eigenvalue weighted by molar-refractivity contribution is 0.137. The first kappa shape index (κ1) is 14.2. The van der Waals surface area contributed by atoms with Gasteiger partial charge in [-0.05, 0) is 38.7 Å². The molecule has 1 atom stereocenters. The largest absolute Gasteiger partial charge is 0.320 e. The third-order valence-electron chi connectivity index (χ3n) is 4.49. The number of nitrogens with zero attached hydrogens (tertiary/aromatic N) is 2. The van der Waals surface area contributed by atoms with Crippen LogP contribution >= 0.6 is 23.2 Å². The zero-order valence-corrected chi connectivity index (χ0v) is 13.1. The maximum absolute atomic E-state index is 13.7. The average molecular weight is 315 g/mol. The Bertz CT molecular complexity index is 654. The highest BCUT2D eigenvalue weighted by Crippen LogP contribution is 2.46. The van der Waals surface area contributed by atoms with Crippen LogP contribution in [0.15, 0.2) is 12.1 Å². The molecule has 1 aliphatic carbocycles. The molecule has 2 aromatic rings. The van der Waals surface area contributed by atoms with Crippen LogP contribution in [0.4, 0.5) is 4.39 Å². The van der Waals surface area contributed by atoms with E-state index in [4.69, 9.17) is 23.2 Å². The summed E-state index contributed by atoms with van der Waals surface area (Å²) in [5.74, 6) is 0.377. The van der Waals surface area contributed by atoms with E-state index in [2.05, 4.69) is 16.5 Å². The second kappa shape index (κ2) is 4.88. The topological polar surface area (TPSA) is 17.8 Å². The van der Waals surface area contributed by atoms with Gasteiger partial charge in [0.1, 0.15) is 11.6 Å². The van der Waals surface area contributed by atoms with Crippen molar-refractivity contribution in [1.82, 2.24) is 9.55 Å². The molecule has 0 aliphatic heterocycles. The number of benzene rings is 1. The van der Waals surface area contributed by atoms with Gasteiger partial charge < -0.3 is 4.57 Å². The number of hydrogen-bond acceptors (Lipinski definition) is 1. The number of rotatable bonds is 3. The molecule has 1 aliphatic rings. The van der Waals surface area contributed by atoms with Gasteiger partial charge in [0.25, 0.3) is 0 Å². The van der Waals surface area contributed by atoms with Crippen LogP contribution in [0.25, 0.3) is 11.0 Å². The second-order valence-corrected chi connectivity index (χ2v) is 6.67. The first-order valence-electron chi connectivity index (χ1n) is 7.00. The minimum absolute atomic E-state index is 0.0639. The summed E-state index contributed by atoms with van der Waals surface area (Å²) in [7, 11) is 0. The lowest BCUT2D eigenvalue weighted by Crippen LogP contribution is -2.41. The Morgan fingerprint density at radius 3 is 2.65 bits per heavy atom. The Morgan fingerprint density at radius 1 is 1.45 bits per heavy atom. The SMILES string of the molecule is CCC1(n2c(C(C)Cl)nc3cc(F)c(Cl)cc32)CCC1. The predicted octanol–water partition coefficient (Wildman–Crippen LogP) is 5.42. The highest BCUT2D eigenvalue weighted by atomic mass is 35.5. The number of halogens is 3. The van der Waals surface area contributed by atoms with Crippen LogP contribution in [0.1, 0.15) is 50.7 Å². The summed E-state index contributed by atoms with van der Waals surface area (Å²) in [5, 5.41) is -0.0775.